The number of carboxylic acid groups (broad SMARTS) is 1. The van der Waals surface area contributed by atoms with Crippen molar-refractivity contribution in [2.24, 2.45) is 5.92 Å². The lowest BCUT2D eigenvalue weighted by Gasteiger charge is -2.36. The molecule has 0 saturated carbocycles. The Morgan fingerprint density at radius 1 is 1.25 bits per heavy atom. The van der Waals surface area contributed by atoms with Crippen molar-refractivity contribution >= 4 is 11.9 Å². The summed E-state index contributed by atoms with van der Waals surface area (Å²) in [6.07, 6.45) is 1.39. The van der Waals surface area contributed by atoms with Crippen LogP contribution in [0.1, 0.15) is 41.3 Å². The van der Waals surface area contributed by atoms with Crippen LogP contribution >= 0.6 is 0 Å². The van der Waals surface area contributed by atoms with Crippen molar-refractivity contribution in [3.63, 3.8) is 0 Å². The Balaban J connectivity index is 2.26. The van der Waals surface area contributed by atoms with Gasteiger partial charge in [0.15, 0.2) is 0 Å². The largest absolute Gasteiger partial charge is 0.481 e. The molecule has 108 valence electrons. The van der Waals surface area contributed by atoms with Crippen molar-refractivity contribution < 1.29 is 14.7 Å². The molecule has 20 heavy (non-hydrogen) atoms. The fourth-order valence-electron chi connectivity index (χ4n) is 2.71. The van der Waals surface area contributed by atoms with Crippen LogP contribution in [0.3, 0.4) is 0 Å². The molecule has 1 aliphatic rings. The number of rotatable bonds is 2. The average Bonchev–Trinajstić information content (AvgIpc) is 2.41. The summed E-state index contributed by atoms with van der Waals surface area (Å²) in [5.41, 5.74) is 2.66. The van der Waals surface area contributed by atoms with Gasteiger partial charge in [0.05, 0.1) is 5.92 Å². The summed E-state index contributed by atoms with van der Waals surface area (Å²) in [7, 11) is 0. The molecule has 1 aromatic rings. The Bertz CT molecular complexity index is 539. The molecule has 1 amide bonds. The normalized spacial score (nSPS) is 22.6. The summed E-state index contributed by atoms with van der Waals surface area (Å²) in [5.74, 6) is -1.31. The molecule has 1 heterocycles. The van der Waals surface area contributed by atoms with Crippen LogP contribution in [0.25, 0.3) is 0 Å². The van der Waals surface area contributed by atoms with E-state index in [0.29, 0.717) is 18.5 Å². The third kappa shape index (κ3) is 2.84. The zero-order chi connectivity index (χ0) is 14.9. The minimum absolute atomic E-state index is 0.0512. The van der Waals surface area contributed by atoms with Gasteiger partial charge in [-0.1, -0.05) is 17.7 Å². The average molecular weight is 275 g/mol. The highest BCUT2D eigenvalue weighted by molar-refractivity contribution is 5.96. The molecule has 2 unspecified atom stereocenters. The summed E-state index contributed by atoms with van der Waals surface area (Å²) in [5, 5.41) is 9.16. The monoisotopic (exact) mass is 275 g/mol. The van der Waals surface area contributed by atoms with Crippen LogP contribution in [0.2, 0.25) is 0 Å². The Morgan fingerprint density at radius 3 is 2.60 bits per heavy atom. The van der Waals surface area contributed by atoms with E-state index in [1.807, 2.05) is 39.0 Å². The molecule has 1 aliphatic heterocycles. The number of amides is 1. The molecule has 2 atom stereocenters. The number of aliphatic carboxylic acids is 1. The third-order valence-electron chi connectivity index (χ3n) is 4.12. The molecule has 1 aromatic carbocycles. The second-order valence-corrected chi connectivity index (χ2v) is 5.74. The van der Waals surface area contributed by atoms with E-state index < -0.39 is 11.9 Å². The number of carbonyl (C=O) groups excluding carboxylic acids is 1. The second-order valence-electron chi connectivity index (χ2n) is 5.74. The van der Waals surface area contributed by atoms with Gasteiger partial charge in [0.25, 0.3) is 5.91 Å². The minimum atomic E-state index is -0.810. The van der Waals surface area contributed by atoms with Gasteiger partial charge in [-0.15, -0.1) is 0 Å². The molecule has 1 saturated heterocycles. The molecular formula is C16H21NO3. The summed E-state index contributed by atoms with van der Waals surface area (Å²) in [6, 6.07) is 5.89. The molecule has 1 N–H and O–H groups in total. The van der Waals surface area contributed by atoms with E-state index in [1.165, 1.54) is 0 Å². The highest BCUT2D eigenvalue weighted by Crippen LogP contribution is 2.25. The highest BCUT2D eigenvalue weighted by atomic mass is 16.4. The first-order valence-electron chi connectivity index (χ1n) is 7.01. The Labute approximate surface area is 119 Å². The van der Waals surface area contributed by atoms with Crippen LogP contribution in [-0.2, 0) is 4.79 Å². The molecule has 4 heteroatoms. The minimum Gasteiger partial charge on any atom is -0.481 e. The predicted octanol–water partition coefficient (Wildman–Crippen LogP) is 2.63. The van der Waals surface area contributed by atoms with E-state index in [4.69, 9.17) is 5.11 Å². The molecule has 0 aliphatic carbocycles. The van der Waals surface area contributed by atoms with Crippen molar-refractivity contribution in [2.75, 3.05) is 6.54 Å². The van der Waals surface area contributed by atoms with Gasteiger partial charge < -0.3 is 10.0 Å². The fourth-order valence-corrected chi connectivity index (χ4v) is 2.71. The molecule has 0 radical (unpaired) electrons. The standard InChI is InChI=1S/C16H21NO3/c1-10-4-5-11(2)14(8-10)15(18)17-9-13(16(19)20)7-6-12(17)3/h4-5,8,12-13H,6-7,9H2,1-3H3,(H,19,20). The number of likely N-dealkylation sites (tertiary alicyclic amines) is 1. The van der Waals surface area contributed by atoms with Crippen LogP contribution in [0, 0.1) is 19.8 Å². The zero-order valence-electron chi connectivity index (χ0n) is 12.2. The molecular weight excluding hydrogens is 254 g/mol. The lowest BCUT2D eigenvalue weighted by atomic mass is 9.92. The maximum atomic E-state index is 12.7. The SMILES string of the molecule is Cc1ccc(C)c(C(=O)N2CC(C(=O)O)CCC2C)c1. The lowest BCUT2D eigenvalue weighted by molar-refractivity contribution is -0.143. The van der Waals surface area contributed by atoms with E-state index in [-0.39, 0.29) is 11.9 Å². The van der Waals surface area contributed by atoms with Gasteiger partial charge in [-0.2, -0.15) is 0 Å². The van der Waals surface area contributed by atoms with Gasteiger partial charge in [-0.25, -0.2) is 0 Å². The van der Waals surface area contributed by atoms with Crippen molar-refractivity contribution in [3.8, 4) is 0 Å². The smallest absolute Gasteiger partial charge is 0.308 e. The van der Waals surface area contributed by atoms with Crippen molar-refractivity contribution in [1.82, 2.24) is 4.90 Å². The Hall–Kier alpha value is -1.84. The van der Waals surface area contributed by atoms with Gasteiger partial charge in [0.2, 0.25) is 0 Å². The molecule has 0 bridgehead atoms. The maximum absolute atomic E-state index is 12.7. The van der Waals surface area contributed by atoms with E-state index in [0.717, 1.165) is 17.5 Å². The van der Waals surface area contributed by atoms with E-state index in [9.17, 15) is 9.59 Å². The molecule has 2 rings (SSSR count). The topological polar surface area (TPSA) is 57.6 Å². The van der Waals surface area contributed by atoms with Crippen molar-refractivity contribution in [1.29, 1.82) is 0 Å². The zero-order valence-corrected chi connectivity index (χ0v) is 12.2. The van der Waals surface area contributed by atoms with Crippen LogP contribution in [0.4, 0.5) is 0 Å². The number of benzene rings is 1. The quantitative estimate of drug-likeness (QED) is 0.902. The Morgan fingerprint density at radius 2 is 1.95 bits per heavy atom. The van der Waals surface area contributed by atoms with Crippen LogP contribution in [0.5, 0.6) is 0 Å². The summed E-state index contributed by atoms with van der Waals surface area (Å²) in [6.45, 7) is 6.16. The summed E-state index contributed by atoms with van der Waals surface area (Å²) >= 11 is 0. The first-order valence-corrected chi connectivity index (χ1v) is 7.01. The molecule has 1 fully saturated rings. The van der Waals surface area contributed by atoms with E-state index in [2.05, 4.69) is 0 Å². The van der Waals surface area contributed by atoms with Crippen LogP contribution < -0.4 is 0 Å². The number of nitrogens with zero attached hydrogens (tertiary/aromatic N) is 1. The Kier molecular flexibility index (Phi) is 4.12. The number of piperidine rings is 1. The van der Waals surface area contributed by atoms with Gasteiger partial charge in [0.1, 0.15) is 0 Å². The van der Waals surface area contributed by atoms with Gasteiger partial charge in [-0.05, 0) is 45.2 Å². The van der Waals surface area contributed by atoms with Crippen LogP contribution in [0.15, 0.2) is 18.2 Å². The summed E-state index contributed by atoms with van der Waals surface area (Å²) < 4.78 is 0. The number of hydrogen-bond acceptors (Lipinski definition) is 2. The summed E-state index contributed by atoms with van der Waals surface area (Å²) in [4.78, 5) is 25.5. The first kappa shape index (κ1) is 14.6. The fraction of sp³-hybridized carbons (Fsp3) is 0.500. The maximum Gasteiger partial charge on any atom is 0.308 e. The first-order chi connectivity index (χ1) is 9.40. The molecule has 4 nitrogen and oxygen atoms in total. The van der Waals surface area contributed by atoms with E-state index >= 15 is 0 Å². The molecule has 0 aromatic heterocycles. The predicted molar refractivity (Wildman–Crippen MR) is 76.8 cm³/mol. The van der Waals surface area contributed by atoms with Crippen molar-refractivity contribution in [3.05, 3.63) is 34.9 Å². The highest BCUT2D eigenvalue weighted by Gasteiger charge is 2.33. The number of carbonyl (C=O) groups is 2. The number of hydrogen-bond donors (Lipinski definition) is 1. The van der Waals surface area contributed by atoms with Gasteiger partial charge >= 0.3 is 5.97 Å². The van der Waals surface area contributed by atoms with E-state index in [1.54, 1.807) is 4.90 Å². The number of aryl methyl sites for hydroxylation is 2. The third-order valence-corrected chi connectivity index (χ3v) is 4.12. The van der Waals surface area contributed by atoms with Crippen molar-refractivity contribution in [2.45, 2.75) is 39.7 Å². The second kappa shape index (κ2) is 5.65. The number of carboxylic acids is 1. The van der Waals surface area contributed by atoms with Crippen LogP contribution in [-0.4, -0.2) is 34.5 Å². The van der Waals surface area contributed by atoms with Gasteiger partial charge in [-0.3, -0.25) is 9.59 Å². The molecule has 0 spiro atoms. The van der Waals surface area contributed by atoms with Gasteiger partial charge in [0, 0.05) is 18.2 Å². The lowest BCUT2D eigenvalue weighted by Crippen LogP contribution is -2.47.